The van der Waals surface area contributed by atoms with E-state index in [9.17, 15) is 14.9 Å². The summed E-state index contributed by atoms with van der Waals surface area (Å²) in [5.41, 5.74) is 2.01. The van der Waals surface area contributed by atoms with Crippen molar-refractivity contribution in [2.75, 3.05) is 11.4 Å². The summed E-state index contributed by atoms with van der Waals surface area (Å²) in [4.78, 5) is 25.1. The van der Waals surface area contributed by atoms with E-state index in [-0.39, 0.29) is 11.6 Å². The summed E-state index contributed by atoms with van der Waals surface area (Å²) in [5.74, 6) is -0.186. The van der Waals surface area contributed by atoms with Crippen LogP contribution in [-0.2, 0) is 6.42 Å². The molecule has 0 saturated heterocycles. The van der Waals surface area contributed by atoms with Gasteiger partial charge >= 0.3 is 0 Å². The van der Waals surface area contributed by atoms with Crippen molar-refractivity contribution in [1.29, 1.82) is 0 Å². The minimum Gasteiger partial charge on any atom is -0.306 e. The molecule has 1 amide bonds. The molecule has 1 aliphatic heterocycles. The van der Waals surface area contributed by atoms with Gasteiger partial charge in [-0.15, -0.1) is 0 Å². The maximum absolute atomic E-state index is 12.9. The Morgan fingerprint density at radius 1 is 1.20 bits per heavy atom. The second kappa shape index (κ2) is 6.31. The molecule has 1 aromatic carbocycles. The van der Waals surface area contributed by atoms with Crippen LogP contribution in [-0.4, -0.2) is 27.2 Å². The van der Waals surface area contributed by atoms with Crippen molar-refractivity contribution in [3.63, 3.8) is 0 Å². The monoisotopic (exact) mass is 340 g/mol. The van der Waals surface area contributed by atoms with Gasteiger partial charge in [0.1, 0.15) is 0 Å². The summed E-state index contributed by atoms with van der Waals surface area (Å²) in [5, 5.41) is 15.5. The van der Waals surface area contributed by atoms with Gasteiger partial charge in [0.2, 0.25) is 0 Å². The van der Waals surface area contributed by atoms with Gasteiger partial charge in [-0.3, -0.25) is 19.6 Å². The number of hydrogen-bond acceptors (Lipinski definition) is 4. The SMILES string of the molecule is O=C(c1ccn(C2CCCCC2)n1)N1CCc2ccc([N+](=O)[O-])cc21. The van der Waals surface area contributed by atoms with Crippen LogP contribution in [0, 0.1) is 10.1 Å². The number of rotatable bonds is 3. The number of aromatic nitrogens is 2. The van der Waals surface area contributed by atoms with Gasteiger partial charge in [-0.25, -0.2) is 0 Å². The first-order chi connectivity index (χ1) is 12.1. The predicted molar refractivity (Wildman–Crippen MR) is 92.8 cm³/mol. The van der Waals surface area contributed by atoms with Crippen LogP contribution in [0.25, 0.3) is 0 Å². The molecule has 25 heavy (non-hydrogen) atoms. The number of nitro groups is 1. The second-order valence-corrected chi connectivity index (χ2v) is 6.75. The predicted octanol–water partition coefficient (Wildman–Crippen LogP) is 3.50. The van der Waals surface area contributed by atoms with Crippen molar-refractivity contribution in [2.45, 2.75) is 44.6 Å². The van der Waals surface area contributed by atoms with E-state index in [1.807, 2.05) is 10.9 Å². The zero-order chi connectivity index (χ0) is 17.4. The normalized spacial score (nSPS) is 17.5. The number of amides is 1. The van der Waals surface area contributed by atoms with Crippen molar-refractivity contribution >= 4 is 17.3 Å². The maximum Gasteiger partial charge on any atom is 0.278 e. The molecule has 1 fully saturated rings. The quantitative estimate of drug-likeness (QED) is 0.632. The van der Waals surface area contributed by atoms with Crippen LogP contribution < -0.4 is 4.90 Å². The Kier molecular flexibility index (Phi) is 3.99. The lowest BCUT2D eigenvalue weighted by molar-refractivity contribution is -0.384. The van der Waals surface area contributed by atoms with Crippen LogP contribution in [0.4, 0.5) is 11.4 Å². The van der Waals surface area contributed by atoms with E-state index in [1.54, 1.807) is 17.0 Å². The molecule has 7 nitrogen and oxygen atoms in total. The molecule has 130 valence electrons. The van der Waals surface area contributed by atoms with Gasteiger partial charge in [0, 0.05) is 24.9 Å². The Morgan fingerprint density at radius 2 is 2.00 bits per heavy atom. The summed E-state index contributed by atoms with van der Waals surface area (Å²) in [6, 6.07) is 6.85. The molecular formula is C18H20N4O3. The Labute approximate surface area is 145 Å². The maximum atomic E-state index is 12.9. The Morgan fingerprint density at radius 3 is 2.76 bits per heavy atom. The third-order valence-electron chi connectivity index (χ3n) is 5.20. The average Bonchev–Trinajstić information content (AvgIpc) is 3.28. The van der Waals surface area contributed by atoms with E-state index in [1.165, 1.54) is 31.4 Å². The van der Waals surface area contributed by atoms with Crippen molar-refractivity contribution in [1.82, 2.24) is 9.78 Å². The van der Waals surface area contributed by atoms with Crippen LogP contribution >= 0.6 is 0 Å². The van der Waals surface area contributed by atoms with E-state index >= 15 is 0 Å². The Balaban J connectivity index is 1.58. The molecule has 0 radical (unpaired) electrons. The number of carbonyl (C=O) groups is 1. The number of nitro benzene ring substituents is 1. The molecule has 1 saturated carbocycles. The average molecular weight is 340 g/mol. The summed E-state index contributed by atoms with van der Waals surface area (Å²) >= 11 is 0. The number of carbonyl (C=O) groups excluding carboxylic acids is 1. The Hall–Kier alpha value is -2.70. The van der Waals surface area contributed by atoms with Crippen molar-refractivity contribution in [3.8, 4) is 0 Å². The third kappa shape index (κ3) is 2.90. The largest absolute Gasteiger partial charge is 0.306 e. The van der Waals surface area contributed by atoms with Crippen LogP contribution in [0.2, 0.25) is 0 Å². The first-order valence-corrected chi connectivity index (χ1v) is 8.78. The molecule has 2 heterocycles. The highest BCUT2D eigenvalue weighted by atomic mass is 16.6. The fraction of sp³-hybridized carbons (Fsp3) is 0.444. The lowest BCUT2D eigenvalue weighted by Crippen LogP contribution is -2.29. The first kappa shape index (κ1) is 15.8. The lowest BCUT2D eigenvalue weighted by Gasteiger charge is -2.22. The van der Waals surface area contributed by atoms with Gasteiger partial charge in [0.25, 0.3) is 11.6 Å². The fourth-order valence-electron chi connectivity index (χ4n) is 3.83. The number of anilines is 1. The van der Waals surface area contributed by atoms with Crippen molar-refractivity contribution in [3.05, 3.63) is 51.8 Å². The molecule has 1 aliphatic carbocycles. The molecule has 2 aromatic rings. The summed E-state index contributed by atoms with van der Waals surface area (Å²) in [6.07, 6.45) is 8.49. The summed E-state index contributed by atoms with van der Waals surface area (Å²) in [7, 11) is 0. The Bertz CT molecular complexity index is 823. The topological polar surface area (TPSA) is 81.3 Å². The second-order valence-electron chi connectivity index (χ2n) is 6.75. The molecule has 4 rings (SSSR count). The zero-order valence-electron chi connectivity index (χ0n) is 13.9. The smallest absolute Gasteiger partial charge is 0.278 e. The molecule has 0 atom stereocenters. The van der Waals surface area contributed by atoms with Gasteiger partial charge in [0.15, 0.2) is 5.69 Å². The van der Waals surface area contributed by atoms with Gasteiger partial charge in [-0.1, -0.05) is 25.3 Å². The van der Waals surface area contributed by atoms with Gasteiger partial charge in [-0.05, 0) is 30.9 Å². The lowest BCUT2D eigenvalue weighted by atomic mass is 9.96. The van der Waals surface area contributed by atoms with Crippen LogP contribution in [0.15, 0.2) is 30.5 Å². The minimum absolute atomic E-state index is 0.00573. The standard InChI is InChI=1S/C18H20N4O3/c23-18(16-9-11-21(19-16)14-4-2-1-3-5-14)20-10-8-13-6-7-15(22(24)25)12-17(13)20/h6-7,9,11-12,14H,1-5,8,10H2. The number of nitrogens with zero attached hydrogens (tertiary/aromatic N) is 4. The van der Waals surface area contributed by atoms with Crippen molar-refractivity contribution in [2.24, 2.45) is 0 Å². The van der Waals surface area contributed by atoms with Crippen molar-refractivity contribution < 1.29 is 9.72 Å². The third-order valence-corrected chi connectivity index (χ3v) is 5.20. The molecule has 0 unspecified atom stereocenters. The fourth-order valence-corrected chi connectivity index (χ4v) is 3.83. The van der Waals surface area contributed by atoms with Crippen LogP contribution in [0.5, 0.6) is 0 Å². The minimum atomic E-state index is -0.431. The van der Waals surface area contributed by atoms with E-state index in [0.29, 0.717) is 30.4 Å². The van der Waals surface area contributed by atoms with Crippen LogP contribution in [0.1, 0.15) is 54.2 Å². The highest BCUT2D eigenvalue weighted by molar-refractivity contribution is 6.06. The molecule has 0 spiro atoms. The number of non-ortho nitro benzene ring substituents is 1. The number of hydrogen-bond donors (Lipinski definition) is 0. The highest BCUT2D eigenvalue weighted by Gasteiger charge is 2.29. The number of benzene rings is 1. The molecule has 0 N–H and O–H groups in total. The van der Waals surface area contributed by atoms with E-state index < -0.39 is 4.92 Å². The molecule has 0 bridgehead atoms. The molecule has 1 aromatic heterocycles. The number of fused-ring (bicyclic) bond motifs is 1. The first-order valence-electron chi connectivity index (χ1n) is 8.78. The van der Waals surface area contributed by atoms with Gasteiger partial charge in [-0.2, -0.15) is 5.10 Å². The van der Waals surface area contributed by atoms with E-state index in [0.717, 1.165) is 18.4 Å². The van der Waals surface area contributed by atoms with Crippen LogP contribution in [0.3, 0.4) is 0 Å². The van der Waals surface area contributed by atoms with Gasteiger partial charge in [0.05, 0.1) is 16.7 Å². The summed E-state index contributed by atoms with van der Waals surface area (Å²) in [6.45, 7) is 0.533. The van der Waals surface area contributed by atoms with Gasteiger partial charge < -0.3 is 4.90 Å². The zero-order valence-corrected chi connectivity index (χ0v) is 13.9. The molecule has 2 aliphatic rings. The molecular weight excluding hydrogens is 320 g/mol. The summed E-state index contributed by atoms with van der Waals surface area (Å²) < 4.78 is 1.91. The highest BCUT2D eigenvalue weighted by Crippen LogP contribution is 2.33. The van der Waals surface area contributed by atoms with E-state index in [2.05, 4.69) is 5.10 Å². The van der Waals surface area contributed by atoms with E-state index in [4.69, 9.17) is 0 Å². The molecule has 7 heteroatoms.